The monoisotopic (exact) mass is 397 g/mol. The largest absolute Gasteiger partial charge is 0.490 e. The van der Waals surface area contributed by atoms with E-state index in [2.05, 4.69) is 10.1 Å². The average Bonchev–Trinajstić information content (AvgIpc) is 3.18. The molecule has 11 heteroatoms. The molecule has 0 saturated carbocycles. The van der Waals surface area contributed by atoms with Crippen LogP contribution in [-0.4, -0.2) is 30.9 Å². The molecular weight excluding hydrogens is 380 g/mol. The molecule has 3 amide bonds. The lowest BCUT2D eigenvalue weighted by Crippen LogP contribution is -2.48. The minimum atomic E-state index is -3.06. The normalized spacial score (nSPS) is 10.3. The van der Waals surface area contributed by atoms with Crippen LogP contribution in [0.15, 0.2) is 41.0 Å². The number of carbonyl (C=O) groups excluding carboxylic acids is 3. The van der Waals surface area contributed by atoms with Crippen LogP contribution in [0.2, 0.25) is 0 Å². The van der Waals surface area contributed by atoms with E-state index in [1.54, 1.807) is 19.1 Å². The van der Waals surface area contributed by atoms with Crippen LogP contribution in [-0.2, 0) is 16.1 Å². The van der Waals surface area contributed by atoms with Gasteiger partial charge in [-0.2, -0.15) is 8.78 Å². The molecule has 28 heavy (non-hydrogen) atoms. The molecule has 150 valence electrons. The Labute approximate surface area is 157 Å². The van der Waals surface area contributed by atoms with Crippen molar-refractivity contribution in [1.29, 1.82) is 0 Å². The fraction of sp³-hybridized carbons (Fsp3) is 0.235. The van der Waals surface area contributed by atoms with Gasteiger partial charge < -0.3 is 19.2 Å². The first-order valence-electron chi connectivity index (χ1n) is 8.03. The Morgan fingerprint density at radius 3 is 2.54 bits per heavy atom. The van der Waals surface area contributed by atoms with E-state index in [0.717, 1.165) is 6.07 Å². The molecule has 3 N–H and O–H groups in total. The first kappa shape index (κ1) is 20.7. The Hall–Kier alpha value is -3.63. The van der Waals surface area contributed by atoms with Crippen molar-refractivity contribution in [2.45, 2.75) is 20.1 Å². The second kappa shape index (κ2) is 9.90. The average molecular weight is 397 g/mol. The Morgan fingerprint density at radius 1 is 1.11 bits per heavy atom. The lowest BCUT2D eigenvalue weighted by molar-refractivity contribution is -0.139. The van der Waals surface area contributed by atoms with Gasteiger partial charge >= 0.3 is 18.4 Å². The van der Waals surface area contributed by atoms with Crippen molar-refractivity contribution in [2.24, 2.45) is 0 Å². The van der Waals surface area contributed by atoms with E-state index in [-0.39, 0.29) is 30.2 Å². The summed E-state index contributed by atoms with van der Waals surface area (Å²) in [6.45, 7) is -1.29. The SMILES string of the molecule is CCOc1cc(C(=O)NNC(=O)C(=O)NCc2ccco2)ccc1OC(F)F. The number of amides is 3. The number of hydrogen-bond donors (Lipinski definition) is 3. The summed E-state index contributed by atoms with van der Waals surface area (Å²) >= 11 is 0. The van der Waals surface area contributed by atoms with Crippen molar-refractivity contribution in [2.75, 3.05) is 6.61 Å². The molecule has 0 aliphatic carbocycles. The highest BCUT2D eigenvalue weighted by atomic mass is 19.3. The van der Waals surface area contributed by atoms with Gasteiger partial charge in [-0.15, -0.1) is 0 Å². The summed E-state index contributed by atoms with van der Waals surface area (Å²) in [5.41, 5.74) is 3.96. The van der Waals surface area contributed by atoms with Gasteiger partial charge in [0.25, 0.3) is 5.91 Å². The van der Waals surface area contributed by atoms with Crippen molar-refractivity contribution in [3.63, 3.8) is 0 Å². The highest BCUT2D eigenvalue weighted by Gasteiger charge is 2.17. The van der Waals surface area contributed by atoms with Crippen LogP contribution in [0.1, 0.15) is 23.0 Å². The standard InChI is InChI=1S/C17H17F2N3O6/c1-2-26-13-8-10(5-6-12(13)28-17(18)19)14(23)21-22-16(25)15(24)20-9-11-4-3-7-27-11/h3-8,17H,2,9H2,1H3,(H,20,24)(H,21,23)(H,22,25). The van der Waals surface area contributed by atoms with Crippen LogP contribution in [0.3, 0.4) is 0 Å². The maximum atomic E-state index is 12.4. The molecule has 2 rings (SSSR count). The number of alkyl halides is 2. The maximum Gasteiger partial charge on any atom is 0.387 e. The van der Waals surface area contributed by atoms with E-state index < -0.39 is 24.3 Å². The lowest BCUT2D eigenvalue weighted by atomic mass is 10.2. The van der Waals surface area contributed by atoms with E-state index in [0.29, 0.717) is 5.76 Å². The zero-order chi connectivity index (χ0) is 20.5. The fourth-order valence-corrected chi connectivity index (χ4v) is 2.01. The van der Waals surface area contributed by atoms with E-state index in [4.69, 9.17) is 9.15 Å². The van der Waals surface area contributed by atoms with Crippen molar-refractivity contribution < 1.29 is 37.1 Å². The Bertz CT molecular complexity index is 826. The van der Waals surface area contributed by atoms with Gasteiger partial charge in [-0.3, -0.25) is 25.2 Å². The highest BCUT2D eigenvalue weighted by molar-refractivity contribution is 6.35. The first-order valence-corrected chi connectivity index (χ1v) is 8.03. The number of carbonyl (C=O) groups is 3. The second-order valence-corrected chi connectivity index (χ2v) is 5.14. The van der Waals surface area contributed by atoms with Crippen molar-refractivity contribution >= 4 is 17.7 Å². The first-order chi connectivity index (χ1) is 13.4. The van der Waals surface area contributed by atoms with Gasteiger partial charge in [0.1, 0.15) is 5.76 Å². The van der Waals surface area contributed by atoms with E-state index in [1.807, 2.05) is 10.9 Å². The number of hydrogen-bond acceptors (Lipinski definition) is 6. The van der Waals surface area contributed by atoms with Gasteiger partial charge in [0.15, 0.2) is 11.5 Å². The smallest absolute Gasteiger partial charge is 0.387 e. The molecule has 0 atom stereocenters. The topological polar surface area (TPSA) is 119 Å². The predicted molar refractivity (Wildman–Crippen MR) is 90.4 cm³/mol. The molecule has 1 heterocycles. The molecule has 1 aromatic heterocycles. The van der Waals surface area contributed by atoms with Crippen LogP contribution < -0.4 is 25.6 Å². The predicted octanol–water partition coefficient (Wildman–Crippen LogP) is 1.36. The number of furan rings is 1. The Balaban J connectivity index is 1.91. The van der Waals surface area contributed by atoms with Crippen LogP contribution >= 0.6 is 0 Å². The lowest BCUT2D eigenvalue weighted by Gasteiger charge is -2.13. The van der Waals surface area contributed by atoms with Gasteiger partial charge in [-0.25, -0.2) is 0 Å². The zero-order valence-corrected chi connectivity index (χ0v) is 14.7. The number of hydrazine groups is 1. The summed E-state index contributed by atoms with van der Waals surface area (Å²) in [6.07, 6.45) is 1.41. The third-order valence-electron chi connectivity index (χ3n) is 3.22. The van der Waals surface area contributed by atoms with Gasteiger partial charge in [0, 0.05) is 5.56 Å². The summed E-state index contributed by atoms with van der Waals surface area (Å²) in [5.74, 6) is -2.76. The molecule has 0 unspecified atom stereocenters. The summed E-state index contributed by atoms with van der Waals surface area (Å²) in [7, 11) is 0. The zero-order valence-electron chi connectivity index (χ0n) is 14.7. The quantitative estimate of drug-likeness (QED) is 0.480. The minimum Gasteiger partial charge on any atom is -0.490 e. The summed E-state index contributed by atoms with van der Waals surface area (Å²) < 4.78 is 39.2. The van der Waals surface area contributed by atoms with Crippen LogP contribution in [0, 0.1) is 0 Å². The fourth-order valence-electron chi connectivity index (χ4n) is 2.01. The van der Waals surface area contributed by atoms with E-state index in [1.165, 1.54) is 18.4 Å². The molecule has 1 aromatic carbocycles. The van der Waals surface area contributed by atoms with Gasteiger partial charge in [0.05, 0.1) is 19.4 Å². The third-order valence-corrected chi connectivity index (χ3v) is 3.22. The molecule has 9 nitrogen and oxygen atoms in total. The Morgan fingerprint density at radius 2 is 1.89 bits per heavy atom. The minimum absolute atomic E-state index is 0.00346. The van der Waals surface area contributed by atoms with E-state index in [9.17, 15) is 23.2 Å². The summed E-state index contributed by atoms with van der Waals surface area (Å²) in [5, 5.41) is 2.30. The van der Waals surface area contributed by atoms with Crippen LogP contribution in [0.5, 0.6) is 11.5 Å². The number of rotatable bonds is 7. The molecule has 2 aromatic rings. The van der Waals surface area contributed by atoms with Crippen molar-refractivity contribution in [1.82, 2.24) is 16.2 Å². The molecular formula is C17H17F2N3O6. The van der Waals surface area contributed by atoms with E-state index >= 15 is 0 Å². The molecule has 0 aliphatic heterocycles. The maximum absolute atomic E-state index is 12.4. The molecule has 0 fully saturated rings. The molecule has 0 saturated heterocycles. The number of nitrogens with one attached hydrogen (secondary N) is 3. The van der Waals surface area contributed by atoms with Crippen molar-refractivity contribution in [3.05, 3.63) is 47.9 Å². The molecule has 0 bridgehead atoms. The number of benzene rings is 1. The van der Waals surface area contributed by atoms with Gasteiger partial charge in [0.2, 0.25) is 0 Å². The summed E-state index contributed by atoms with van der Waals surface area (Å²) in [6, 6.07) is 6.72. The summed E-state index contributed by atoms with van der Waals surface area (Å²) in [4.78, 5) is 35.4. The number of halogens is 2. The molecule has 0 aliphatic rings. The van der Waals surface area contributed by atoms with Crippen LogP contribution in [0.25, 0.3) is 0 Å². The molecule has 0 radical (unpaired) electrons. The van der Waals surface area contributed by atoms with Crippen LogP contribution in [0.4, 0.5) is 8.78 Å². The highest BCUT2D eigenvalue weighted by Crippen LogP contribution is 2.29. The number of ether oxygens (including phenoxy) is 2. The third kappa shape index (κ3) is 5.97. The van der Waals surface area contributed by atoms with Crippen molar-refractivity contribution in [3.8, 4) is 11.5 Å². The van der Waals surface area contributed by atoms with Gasteiger partial charge in [-0.05, 0) is 37.3 Å². The second-order valence-electron chi connectivity index (χ2n) is 5.14. The Kier molecular flexibility index (Phi) is 7.31. The molecule has 0 spiro atoms. The van der Waals surface area contributed by atoms with Gasteiger partial charge in [-0.1, -0.05) is 0 Å².